The highest BCUT2D eigenvalue weighted by Gasteiger charge is 2.32. The van der Waals surface area contributed by atoms with E-state index in [1.165, 1.54) is 0 Å². The molecule has 0 aliphatic carbocycles. The molecule has 0 amide bonds. The largest absolute Gasteiger partial charge is 0.439 e. The number of rotatable bonds is 7. The van der Waals surface area contributed by atoms with Gasteiger partial charge in [0.25, 0.3) is 0 Å². The first-order chi connectivity index (χ1) is 20.3. The van der Waals surface area contributed by atoms with E-state index >= 15 is 0 Å². The Hall–Kier alpha value is -3.59. The van der Waals surface area contributed by atoms with Gasteiger partial charge in [-0.25, -0.2) is 9.18 Å². The third-order valence-electron chi connectivity index (χ3n) is 7.17. The predicted octanol–water partition coefficient (Wildman–Crippen LogP) is 5.52. The molecular formula is C29H30F4N5O3PS. The normalized spacial score (nSPS) is 17.9. The molecule has 2 atom stereocenters. The summed E-state index contributed by atoms with van der Waals surface area (Å²) in [7, 11) is -0.782. The monoisotopic (exact) mass is 635 g/mol. The Morgan fingerprint density at radius 2 is 2.02 bits per heavy atom. The molecule has 0 spiro atoms. The maximum Gasteiger partial charge on any atom is 0.439 e. The van der Waals surface area contributed by atoms with Crippen LogP contribution in [0.5, 0.6) is 0 Å². The number of aromatic nitrogens is 2. The first-order valence-corrected chi connectivity index (χ1v) is 16.9. The van der Waals surface area contributed by atoms with Gasteiger partial charge in [-0.05, 0) is 62.0 Å². The Bertz CT molecular complexity index is 1800. The Morgan fingerprint density at radius 1 is 1.23 bits per heavy atom. The second-order valence-corrected chi connectivity index (χ2v) is 15.1. The Morgan fingerprint density at radius 3 is 2.70 bits per heavy atom. The molecule has 2 aromatic heterocycles. The van der Waals surface area contributed by atoms with Gasteiger partial charge in [-0.2, -0.15) is 13.2 Å². The molecule has 43 heavy (non-hydrogen) atoms. The van der Waals surface area contributed by atoms with Crippen LogP contribution in [0.1, 0.15) is 16.9 Å². The predicted molar refractivity (Wildman–Crippen MR) is 163 cm³/mol. The summed E-state index contributed by atoms with van der Waals surface area (Å²) in [5.41, 5.74) is 1.61. The van der Waals surface area contributed by atoms with E-state index < -0.39 is 37.7 Å². The van der Waals surface area contributed by atoms with Gasteiger partial charge in [0.2, 0.25) is 0 Å². The van der Waals surface area contributed by atoms with Crippen LogP contribution < -0.4 is 21.7 Å². The number of H-pyrrole nitrogens is 1. The van der Waals surface area contributed by atoms with Crippen molar-refractivity contribution in [2.45, 2.75) is 31.2 Å². The molecule has 4 aromatic rings. The van der Waals surface area contributed by atoms with E-state index in [1.54, 1.807) is 49.7 Å². The van der Waals surface area contributed by atoms with Gasteiger partial charge in [0.1, 0.15) is 13.3 Å². The van der Waals surface area contributed by atoms with Crippen LogP contribution in [0.4, 0.5) is 28.9 Å². The van der Waals surface area contributed by atoms with E-state index in [-0.39, 0.29) is 29.4 Å². The average Bonchev–Trinajstić information content (AvgIpc) is 3.50. The summed E-state index contributed by atoms with van der Waals surface area (Å²) >= 11 is 1.15. The SMILES string of the molecule is CN1CC[C@@H](Nc2cccc3c(CC(F)(F)F)c(C#CCNc4ccc(P(C)(C)=O)cc4-c4noc(=O)[nH]4)sc23)[C@@H](F)C1. The maximum absolute atomic E-state index is 14.7. The van der Waals surface area contributed by atoms with Crippen LogP contribution in [-0.2, 0) is 11.0 Å². The number of piperidine rings is 1. The number of hydrogen-bond acceptors (Lipinski definition) is 8. The molecule has 0 saturated carbocycles. The number of nitrogens with zero attached hydrogens (tertiary/aromatic N) is 2. The lowest BCUT2D eigenvalue weighted by Gasteiger charge is -2.33. The summed E-state index contributed by atoms with van der Waals surface area (Å²) in [6.45, 7) is 4.28. The van der Waals surface area contributed by atoms with Crippen molar-refractivity contribution in [3.05, 3.63) is 57.4 Å². The van der Waals surface area contributed by atoms with Gasteiger partial charge in [0, 0.05) is 29.6 Å². The third-order valence-corrected chi connectivity index (χ3v) is 9.89. The highest BCUT2D eigenvalue weighted by molar-refractivity contribution is 7.70. The zero-order valence-electron chi connectivity index (χ0n) is 23.6. The number of thiophene rings is 1. The molecule has 1 aliphatic rings. The molecule has 3 heterocycles. The van der Waals surface area contributed by atoms with Crippen molar-refractivity contribution in [2.75, 3.05) is 50.6 Å². The minimum Gasteiger partial charge on any atom is -0.378 e. The smallest absolute Gasteiger partial charge is 0.378 e. The second kappa shape index (κ2) is 12.2. The summed E-state index contributed by atoms with van der Waals surface area (Å²) < 4.78 is 73.5. The lowest BCUT2D eigenvalue weighted by atomic mass is 10.0. The lowest BCUT2D eigenvalue weighted by molar-refractivity contribution is -0.126. The highest BCUT2D eigenvalue weighted by Crippen LogP contribution is 2.40. The molecule has 0 bridgehead atoms. The zero-order valence-corrected chi connectivity index (χ0v) is 25.4. The molecule has 14 heteroatoms. The molecule has 8 nitrogen and oxygen atoms in total. The zero-order chi connectivity index (χ0) is 30.9. The number of anilines is 2. The van der Waals surface area contributed by atoms with Crippen molar-refractivity contribution in [1.82, 2.24) is 15.0 Å². The van der Waals surface area contributed by atoms with Crippen molar-refractivity contribution >= 4 is 45.2 Å². The number of hydrogen-bond donors (Lipinski definition) is 3. The van der Waals surface area contributed by atoms with Crippen LogP contribution in [0.3, 0.4) is 0 Å². The fourth-order valence-electron chi connectivity index (χ4n) is 5.01. The molecule has 3 N–H and O–H groups in total. The van der Waals surface area contributed by atoms with Gasteiger partial charge in [0.05, 0.1) is 34.3 Å². The average molecular weight is 636 g/mol. The topological polar surface area (TPSA) is 103 Å². The van der Waals surface area contributed by atoms with Gasteiger partial charge < -0.3 is 20.1 Å². The van der Waals surface area contributed by atoms with Gasteiger partial charge in [-0.1, -0.05) is 29.1 Å². The molecular weight excluding hydrogens is 605 g/mol. The van der Waals surface area contributed by atoms with Crippen LogP contribution in [-0.4, -0.2) is 73.4 Å². The molecule has 1 fully saturated rings. The first kappa shape index (κ1) is 30.9. The molecule has 0 unspecified atom stereocenters. The fourth-order valence-corrected chi connectivity index (χ4v) is 7.05. The van der Waals surface area contributed by atoms with Crippen LogP contribution in [0.15, 0.2) is 45.7 Å². The van der Waals surface area contributed by atoms with Crippen molar-refractivity contribution in [3.63, 3.8) is 0 Å². The summed E-state index contributed by atoms with van der Waals surface area (Å²) in [5.74, 6) is 5.18. The van der Waals surface area contributed by atoms with E-state index in [0.717, 1.165) is 17.9 Å². The van der Waals surface area contributed by atoms with Gasteiger partial charge in [-0.3, -0.25) is 9.51 Å². The van der Waals surface area contributed by atoms with Gasteiger partial charge in [-0.15, -0.1) is 11.3 Å². The number of nitrogens with one attached hydrogen (secondary N) is 3. The maximum atomic E-state index is 14.7. The van der Waals surface area contributed by atoms with E-state index in [1.807, 2.05) is 11.9 Å². The summed E-state index contributed by atoms with van der Waals surface area (Å²) in [5, 5.41) is 11.1. The third kappa shape index (κ3) is 7.32. The van der Waals surface area contributed by atoms with E-state index in [0.29, 0.717) is 38.7 Å². The highest BCUT2D eigenvalue weighted by atomic mass is 32.1. The minimum atomic E-state index is -4.45. The van der Waals surface area contributed by atoms with Crippen molar-refractivity contribution in [2.24, 2.45) is 0 Å². The van der Waals surface area contributed by atoms with Crippen molar-refractivity contribution < 1.29 is 26.6 Å². The molecule has 228 valence electrons. The summed E-state index contributed by atoms with van der Waals surface area (Å²) in [4.78, 5) is 16.2. The van der Waals surface area contributed by atoms with Gasteiger partial charge in [0.15, 0.2) is 5.82 Å². The number of fused-ring (bicyclic) bond motifs is 1. The molecule has 1 saturated heterocycles. The Kier molecular flexibility index (Phi) is 8.75. The quantitative estimate of drug-likeness (QED) is 0.140. The summed E-state index contributed by atoms with van der Waals surface area (Å²) in [6, 6.07) is 9.62. The lowest BCUT2D eigenvalue weighted by Crippen LogP contribution is -2.46. The molecule has 5 rings (SSSR count). The first-order valence-electron chi connectivity index (χ1n) is 13.5. The fraction of sp³-hybridized carbons (Fsp3) is 0.379. The van der Waals surface area contributed by atoms with E-state index in [2.05, 4.69) is 37.1 Å². The number of likely N-dealkylation sites (tertiary alicyclic amines) is 1. The number of halogens is 4. The second-order valence-electron chi connectivity index (χ2n) is 10.9. The van der Waals surface area contributed by atoms with Crippen molar-refractivity contribution in [1.29, 1.82) is 0 Å². The minimum absolute atomic E-state index is 0.0499. The van der Waals surface area contributed by atoms with Crippen molar-refractivity contribution in [3.8, 4) is 23.2 Å². The van der Waals surface area contributed by atoms with E-state index in [4.69, 9.17) is 0 Å². The molecule has 1 aliphatic heterocycles. The van der Waals surface area contributed by atoms with Crippen LogP contribution in [0, 0.1) is 11.8 Å². The Balaban J connectivity index is 1.44. The van der Waals surface area contributed by atoms with Gasteiger partial charge >= 0.3 is 11.9 Å². The van der Waals surface area contributed by atoms with Crippen LogP contribution in [0.2, 0.25) is 0 Å². The standard InChI is InChI=1S/C29H30F4N5O3PS/c1-38-13-11-23(21(30)16-38)35-24-7-4-6-18-20(15-29(31,32)33)25(43-26(18)24)8-5-12-34-22-10-9-17(42(2,3)40)14-19(22)27-36-28(39)41-37-27/h4,6-7,9-10,14,21,23,34-35H,11-13,15-16H2,1-3H3,(H,36,37,39)/t21-,23+/m0/s1. The van der Waals surface area contributed by atoms with E-state index in [9.17, 15) is 26.9 Å². The van der Waals surface area contributed by atoms with Crippen LogP contribution in [0.25, 0.3) is 21.5 Å². The number of aromatic amines is 1. The Labute approximate surface area is 249 Å². The molecule has 2 aromatic carbocycles. The number of benzene rings is 2. The summed E-state index contributed by atoms with van der Waals surface area (Å²) in [6.07, 6.45) is -6.13. The van der Waals surface area contributed by atoms with Crippen LogP contribution >= 0.6 is 18.5 Å². The molecule has 0 radical (unpaired) electrons. The number of alkyl halides is 4.